The van der Waals surface area contributed by atoms with Crippen molar-refractivity contribution in [3.63, 3.8) is 0 Å². The van der Waals surface area contributed by atoms with Crippen LogP contribution < -0.4 is 5.73 Å². The van der Waals surface area contributed by atoms with Crippen LogP contribution in [0.4, 0.5) is 0 Å². The van der Waals surface area contributed by atoms with Crippen LogP contribution in [-0.4, -0.2) is 16.3 Å². The van der Waals surface area contributed by atoms with E-state index in [0.717, 1.165) is 31.8 Å². The molecule has 0 unspecified atom stereocenters. The fraction of sp³-hybridized carbons (Fsp3) is 0.727. The van der Waals surface area contributed by atoms with E-state index in [4.69, 9.17) is 5.73 Å². The van der Waals surface area contributed by atoms with Crippen molar-refractivity contribution in [3.8, 4) is 0 Å². The van der Waals surface area contributed by atoms with Crippen molar-refractivity contribution in [2.45, 2.75) is 39.7 Å². The smallest absolute Gasteiger partial charge is 0.0521 e. The topological polar surface area (TPSA) is 43.8 Å². The van der Waals surface area contributed by atoms with Gasteiger partial charge in [0.25, 0.3) is 0 Å². The van der Waals surface area contributed by atoms with E-state index in [0.29, 0.717) is 0 Å². The highest BCUT2D eigenvalue weighted by molar-refractivity contribution is 5.03. The van der Waals surface area contributed by atoms with Gasteiger partial charge in [0, 0.05) is 12.7 Å². The number of nitrogens with zero attached hydrogens (tertiary/aromatic N) is 2. The fourth-order valence-electron chi connectivity index (χ4n) is 1.35. The lowest BCUT2D eigenvalue weighted by atomic mass is 10.1. The van der Waals surface area contributed by atoms with E-state index in [2.05, 4.69) is 25.1 Å². The van der Waals surface area contributed by atoms with Gasteiger partial charge in [-0.1, -0.05) is 13.8 Å². The zero-order chi connectivity index (χ0) is 10.4. The quantitative estimate of drug-likeness (QED) is 0.752. The van der Waals surface area contributed by atoms with Crippen LogP contribution in [0.2, 0.25) is 0 Å². The molecule has 0 bridgehead atoms. The third kappa shape index (κ3) is 3.92. The molecule has 0 fully saturated rings. The Kier molecular flexibility index (Phi) is 4.66. The molecule has 0 amide bonds. The summed E-state index contributed by atoms with van der Waals surface area (Å²) in [5.41, 5.74) is 6.76. The molecule has 3 nitrogen and oxygen atoms in total. The number of hydrogen-bond acceptors (Lipinski definition) is 2. The summed E-state index contributed by atoms with van der Waals surface area (Å²) >= 11 is 0. The first kappa shape index (κ1) is 11.2. The van der Waals surface area contributed by atoms with Gasteiger partial charge in [-0.05, 0) is 37.3 Å². The minimum Gasteiger partial charge on any atom is -0.330 e. The highest BCUT2D eigenvalue weighted by Gasteiger charge is 1.99. The van der Waals surface area contributed by atoms with Gasteiger partial charge in [-0.2, -0.15) is 5.10 Å². The average molecular weight is 195 g/mol. The fourth-order valence-corrected chi connectivity index (χ4v) is 1.35. The van der Waals surface area contributed by atoms with Crippen LogP contribution in [0.15, 0.2) is 12.4 Å². The van der Waals surface area contributed by atoms with E-state index in [9.17, 15) is 0 Å². The molecule has 0 radical (unpaired) electrons. The van der Waals surface area contributed by atoms with Gasteiger partial charge in [0.05, 0.1) is 6.20 Å². The number of nitrogens with two attached hydrogens (primary N) is 1. The Balaban J connectivity index is 2.35. The number of rotatable bonds is 6. The van der Waals surface area contributed by atoms with Crippen LogP contribution in [0.5, 0.6) is 0 Å². The molecular weight excluding hydrogens is 174 g/mol. The lowest BCUT2D eigenvalue weighted by Gasteiger charge is -2.03. The molecule has 2 N–H and O–H groups in total. The summed E-state index contributed by atoms with van der Waals surface area (Å²) in [6, 6.07) is 0. The molecule has 0 aliphatic heterocycles. The Morgan fingerprint density at radius 2 is 2.29 bits per heavy atom. The van der Waals surface area contributed by atoms with Crippen molar-refractivity contribution < 1.29 is 0 Å². The normalized spacial score (nSPS) is 11.1. The molecule has 0 aliphatic rings. The molecule has 14 heavy (non-hydrogen) atoms. The van der Waals surface area contributed by atoms with Crippen LogP contribution in [0.3, 0.4) is 0 Å². The molecule has 1 aromatic rings. The van der Waals surface area contributed by atoms with E-state index in [1.54, 1.807) is 0 Å². The minimum absolute atomic E-state index is 0.742. The van der Waals surface area contributed by atoms with Crippen molar-refractivity contribution >= 4 is 0 Å². The Hall–Kier alpha value is -0.830. The zero-order valence-corrected chi connectivity index (χ0v) is 9.24. The van der Waals surface area contributed by atoms with E-state index < -0.39 is 0 Å². The van der Waals surface area contributed by atoms with Crippen molar-refractivity contribution in [1.82, 2.24) is 9.78 Å². The summed E-state index contributed by atoms with van der Waals surface area (Å²) in [5.74, 6) is 0.742. The first-order valence-electron chi connectivity index (χ1n) is 5.43. The van der Waals surface area contributed by atoms with Gasteiger partial charge in [-0.15, -0.1) is 0 Å². The van der Waals surface area contributed by atoms with Gasteiger partial charge >= 0.3 is 0 Å². The van der Waals surface area contributed by atoms with Crippen LogP contribution in [0.25, 0.3) is 0 Å². The highest BCUT2D eigenvalue weighted by atomic mass is 15.3. The maximum Gasteiger partial charge on any atom is 0.0521 e. The predicted octanol–water partition coefficient (Wildman–Crippen LogP) is 1.82. The first-order chi connectivity index (χ1) is 6.72. The Bertz CT molecular complexity index is 253. The maximum absolute atomic E-state index is 5.45. The van der Waals surface area contributed by atoms with E-state index in [1.165, 1.54) is 12.0 Å². The standard InChI is InChI=1S/C11H21N3/c1-10(2)5-7-14-9-11(8-13-14)4-3-6-12/h8-10H,3-7,12H2,1-2H3. The minimum atomic E-state index is 0.742. The summed E-state index contributed by atoms with van der Waals surface area (Å²) in [5, 5.41) is 4.32. The Morgan fingerprint density at radius 1 is 1.50 bits per heavy atom. The molecule has 0 saturated carbocycles. The SMILES string of the molecule is CC(C)CCn1cc(CCCN)cn1. The van der Waals surface area contributed by atoms with Gasteiger partial charge in [0.15, 0.2) is 0 Å². The molecule has 80 valence electrons. The van der Waals surface area contributed by atoms with Gasteiger partial charge < -0.3 is 5.73 Å². The summed E-state index contributed by atoms with van der Waals surface area (Å²) in [6.07, 6.45) is 7.39. The second kappa shape index (κ2) is 5.81. The summed E-state index contributed by atoms with van der Waals surface area (Å²) in [4.78, 5) is 0. The predicted molar refractivity (Wildman–Crippen MR) is 59.1 cm³/mol. The summed E-state index contributed by atoms with van der Waals surface area (Å²) in [7, 11) is 0. The lowest BCUT2D eigenvalue weighted by molar-refractivity contribution is 0.487. The molecule has 0 spiro atoms. The Labute approximate surface area is 86.3 Å². The molecule has 0 aromatic carbocycles. The van der Waals surface area contributed by atoms with Crippen LogP contribution in [0, 0.1) is 5.92 Å². The molecule has 1 rings (SSSR count). The van der Waals surface area contributed by atoms with Gasteiger partial charge in [0.2, 0.25) is 0 Å². The molecular formula is C11H21N3. The molecule has 3 heteroatoms. The van der Waals surface area contributed by atoms with E-state index in [1.807, 2.05) is 10.9 Å². The van der Waals surface area contributed by atoms with Crippen molar-refractivity contribution in [2.75, 3.05) is 6.54 Å². The monoisotopic (exact) mass is 195 g/mol. The molecule has 0 saturated heterocycles. The van der Waals surface area contributed by atoms with Gasteiger partial charge in [-0.25, -0.2) is 0 Å². The van der Waals surface area contributed by atoms with Crippen molar-refractivity contribution in [2.24, 2.45) is 11.7 Å². The summed E-state index contributed by atoms with van der Waals surface area (Å²) < 4.78 is 2.03. The van der Waals surface area contributed by atoms with E-state index in [-0.39, 0.29) is 0 Å². The lowest BCUT2D eigenvalue weighted by Crippen LogP contribution is -2.02. The number of hydrogen-bond donors (Lipinski definition) is 1. The third-order valence-corrected chi connectivity index (χ3v) is 2.29. The second-order valence-corrected chi connectivity index (χ2v) is 4.19. The zero-order valence-electron chi connectivity index (χ0n) is 9.24. The van der Waals surface area contributed by atoms with E-state index >= 15 is 0 Å². The van der Waals surface area contributed by atoms with Crippen molar-refractivity contribution in [1.29, 1.82) is 0 Å². The number of aromatic nitrogens is 2. The largest absolute Gasteiger partial charge is 0.330 e. The molecule has 0 atom stereocenters. The molecule has 1 aromatic heterocycles. The average Bonchev–Trinajstić information content (AvgIpc) is 2.59. The highest BCUT2D eigenvalue weighted by Crippen LogP contribution is 2.05. The second-order valence-electron chi connectivity index (χ2n) is 4.19. The summed E-state index contributed by atoms with van der Waals surface area (Å²) in [6.45, 7) is 6.26. The molecule has 0 aliphatic carbocycles. The van der Waals surface area contributed by atoms with Gasteiger partial charge in [-0.3, -0.25) is 4.68 Å². The maximum atomic E-state index is 5.45. The first-order valence-corrected chi connectivity index (χ1v) is 5.43. The van der Waals surface area contributed by atoms with Crippen LogP contribution in [-0.2, 0) is 13.0 Å². The molecule has 1 heterocycles. The van der Waals surface area contributed by atoms with Gasteiger partial charge in [0.1, 0.15) is 0 Å². The van der Waals surface area contributed by atoms with Crippen molar-refractivity contribution in [3.05, 3.63) is 18.0 Å². The third-order valence-electron chi connectivity index (χ3n) is 2.29. The van der Waals surface area contributed by atoms with Crippen LogP contribution >= 0.6 is 0 Å². The van der Waals surface area contributed by atoms with Crippen LogP contribution in [0.1, 0.15) is 32.3 Å². The number of aryl methyl sites for hydroxylation is 2. The Morgan fingerprint density at radius 3 is 2.93 bits per heavy atom.